The first-order valence-corrected chi connectivity index (χ1v) is 9.29. The molecule has 1 amide bonds. The van der Waals surface area contributed by atoms with Crippen molar-refractivity contribution in [1.29, 1.82) is 0 Å². The van der Waals surface area contributed by atoms with Crippen LogP contribution < -0.4 is 5.73 Å². The minimum absolute atomic E-state index is 0.0338. The Morgan fingerprint density at radius 3 is 2.07 bits per heavy atom. The summed E-state index contributed by atoms with van der Waals surface area (Å²) in [5.41, 5.74) is 6.93. The number of non-ortho nitro benzene ring substituents is 1. The van der Waals surface area contributed by atoms with Crippen molar-refractivity contribution in [2.45, 2.75) is 13.3 Å². The Balaban J connectivity index is 0.000000396. The molecule has 0 atom stereocenters. The van der Waals surface area contributed by atoms with Crippen molar-refractivity contribution in [3.05, 3.63) is 100 Å². The number of nitrogens with zero attached hydrogens (tertiary/aromatic N) is 1. The van der Waals surface area contributed by atoms with Crippen LogP contribution in [0.4, 0.5) is 10.5 Å². The maximum Gasteiger partial charge on any atom is 0.404 e. The minimum atomic E-state index is -0.693. The molecule has 3 aromatic carbocycles. The molecule has 0 saturated carbocycles. The lowest BCUT2D eigenvalue weighted by atomic mass is 9.93. The van der Waals surface area contributed by atoms with Crippen LogP contribution in [-0.4, -0.2) is 23.4 Å². The van der Waals surface area contributed by atoms with E-state index in [9.17, 15) is 19.7 Å². The highest BCUT2D eigenvalue weighted by atomic mass is 16.6. The quantitative estimate of drug-likeness (QED) is 0.352. The number of carbonyl (C=O) groups is 2. The number of rotatable bonds is 6. The summed E-state index contributed by atoms with van der Waals surface area (Å²) in [6, 6.07) is 22.4. The predicted octanol–water partition coefficient (Wildman–Crippen LogP) is 4.98. The Kier molecular flexibility index (Phi) is 8.26. The summed E-state index contributed by atoms with van der Waals surface area (Å²) < 4.78 is 4.33. The van der Waals surface area contributed by atoms with Gasteiger partial charge in [-0.3, -0.25) is 14.9 Å². The van der Waals surface area contributed by atoms with Gasteiger partial charge >= 0.3 is 6.09 Å². The molecule has 0 aliphatic heterocycles. The highest BCUT2D eigenvalue weighted by Gasteiger charge is 2.18. The van der Waals surface area contributed by atoms with E-state index < -0.39 is 11.0 Å². The Morgan fingerprint density at radius 1 is 0.967 bits per heavy atom. The van der Waals surface area contributed by atoms with Crippen LogP contribution in [0.1, 0.15) is 29.3 Å². The van der Waals surface area contributed by atoms with E-state index >= 15 is 0 Å². The third-order valence-electron chi connectivity index (χ3n) is 4.03. The lowest BCUT2D eigenvalue weighted by Crippen LogP contribution is -2.12. The van der Waals surface area contributed by atoms with Gasteiger partial charge in [0.2, 0.25) is 0 Å². The fourth-order valence-corrected chi connectivity index (χ4v) is 2.65. The highest BCUT2D eigenvalue weighted by Crippen LogP contribution is 2.29. The van der Waals surface area contributed by atoms with Crippen molar-refractivity contribution in [3.8, 4) is 11.1 Å². The summed E-state index contributed by atoms with van der Waals surface area (Å²) in [6.07, 6.45) is 0.130. The van der Waals surface area contributed by atoms with Crippen LogP contribution >= 0.6 is 0 Å². The third-order valence-corrected chi connectivity index (χ3v) is 4.03. The Bertz CT molecular complexity index is 1000. The normalized spacial score (nSPS) is 9.77. The van der Waals surface area contributed by atoms with Crippen LogP contribution in [0.3, 0.4) is 0 Å². The second-order valence-corrected chi connectivity index (χ2v) is 6.22. The summed E-state index contributed by atoms with van der Waals surface area (Å²) in [6.45, 7) is 2.33. The van der Waals surface area contributed by atoms with Gasteiger partial charge in [0.1, 0.15) is 0 Å². The monoisotopic (exact) mass is 406 g/mol. The first-order chi connectivity index (χ1) is 14.4. The first kappa shape index (κ1) is 22.3. The van der Waals surface area contributed by atoms with E-state index in [0.29, 0.717) is 23.3 Å². The van der Waals surface area contributed by atoms with E-state index in [1.807, 2.05) is 43.3 Å². The Labute approximate surface area is 174 Å². The molecule has 3 rings (SSSR count). The van der Waals surface area contributed by atoms with Crippen LogP contribution in [0, 0.1) is 10.1 Å². The number of ether oxygens (including phenoxy) is 1. The van der Waals surface area contributed by atoms with Crippen LogP contribution in [0.15, 0.2) is 78.9 Å². The summed E-state index contributed by atoms with van der Waals surface area (Å²) in [7, 11) is 0. The molecule has 0 spiro atoms. The van der Waals surface area contributed by atoms with Crippen molar-refractivity contribution in [3.63, 3.8) is 0 Å². The van der Waals surface area contributed by atoms with Gasteiger partial charge in [-0.2, -0.15) is 0 Å². The van der Waals surface area contributed by atoms with Gasteiger partial charge in [-0.15, -0.1) is 0 Å². The van der Waals surface area contributed by atoms with E-state index in [0.717, 1.165) is 12.0 Å². The van der Waals surface area contributed by atoms with Crippen molar-refractivity contribution in [1.82, 2.24) is 0 Å². The molecule has 0 fully saturated rings. The topological polar surface area (TPSA) is 113 Å². The fraction of sp³-hybridized carbons (Fsp3) is 0.130. The van der Waals surface area contributed by atoms with E-state index in [-0.39, 0.29) is 11.5 Å². The van der Waals surface area contributed by atoms with E-state index in [4.69, 9.17) is 0 Å². The highest BCUT2D eigenvalue weighted by molar-refractivity contribution is 6.13. The molecule has 3 aromatic rings. The first-order valence-electron chi connectivity index (χ1n) is 9.29. The van der Waals surface area contributed by atoms with E-state index in [1.54, 1.807) is 24.3 Å². The van der Waals surface area contributed by atoms with Crippen LogP contribution in [-0.2, 0) is 4.74 Å². The molecule has 0 aliphatic rings. The number of hydrogen-bond acceptors (Lipinski definition) is 5. The van der Waals surface area contributed by atoms with Gasteiger partial charge < -0.3 is 10.5 Å². The van der Waals surface area contributed by atoms with Crippen molar-refractivity contribution >= 4 is 17.6 Å². The zero-order valence-electron chi connectivity index (χ0n) is 16.5. The average molecular weight is 406 g/mol. The molecule has 0 saturated heterocycles. The van der Waals surface area contributed by atoms with E-state index in [1.165, 1.54) is 18.2 Å². The summed E-state index contributed by atoms with van der Waals surface area (Å²) in [4.78, 5) is 33.1. The van der Waals surface area contributed by atoms with E-state index in [2.05, 4.69) is 10.5 Å². The summed E-state index contributed by atoms with van der Waals surface area (Å²) in [5.74, 6) is -0.153. The molecule has 154 valence electrons. The maximum absolute atomic E-state index is 12.8. The van der Waals surface area contributed by atoms with Gasteiger partial charge in [-0.1, -0.05) is 67.6 Å². The average Bonchev–Trinajstić information content (AvgIpc) is 2.78. The van der Waals surface area contributed by atoms with Crippen LogP contribution in [0.25, 0.3) is 11.1 Å². The number of benzene rings is 3. The lowest BCUT2D eigenvalue weighted by Gasteiger charge is -2.09. The van der Waals surface area contributed by atoms with Gasteiger partial charge in [0.05, 0.1) is 11.5 Å². The predicted molar refractivity (Wildman–Crippen MR) is 114 cm³/mol. The third kappa shape index (κ3) is 6.27. The number of nitrogens with two attached hydrogens (primary N) is 1. The molecule has 0 unspecified atom stereocenters. The minimum Gasteiger partial charge on any atom is -0.450 e. The summed E-state index contributed by atoms with van der Waals surface area (Å²) in [5, 5.41) is 11.1. The molecule has 0 aliphatic carbocycles. The lowest BCUT2D eigenvalue weighted by molar-refractivity contribution is -0.384. The standard InChI is InChI=1S/C19H13NO3.C4H9NO2/c21-19(15-9-5-2-6-10-15)17-12-11-16(20(22)23)13-18(17)14-7-3-1-4-8-14;1-2-3-7-4(5)6/h1-13H;2-3H2,1H3,(H2,5,6). The number of hydrogen-bond donors (Lipinski definition) is 1. The van der Waals surface area contributed by atoms with Crippen molar-refractivity contribution < 1.29 is 19.2 Å². The molecule has 2 N–H and O–H groups in total. The molecule has 7 heteroatoms. The molecular weight excluding hydrogens is 384 g/mol. The number of nitro groups is 1. The van der Waals surface area contributed by atoms with Crippen molar-refractivity contribution in [2.24, 2.45) is 5.73 Å². The number of primary amides is 1. The smallest absolute Gasteiger partial charge is 0.404 e. The number of carbonyl (C=O) groups excluding carboxylic acids is 2. The molecule has 0 bridgehead atoms. The van der Waals surface area contributed by atoms with Crippen LogP contribution in [0.5, 0.6) is 0 Å². The van der Waals surface area contributed by atoms with Crippen LogP contribution in [0.2, 0.25) is 0 Å². The molecule has 7 nitrogen and oxygen atoms in total. The zero-order chi connectivity index (χ0) is 21.9. The maximum atomic E-state index is 12.8. The fourth-order valence-electron chi connectivity index (χ4n) is 2.65. The van der Waals surface area contributed by atoms with Crippen molar-refractivity contribution in [2.75, 3.05) is 6.61 Å². The van der Waals surface area contributed by atoms with Gasteiger partial charge in [0, 0.05) is 23.3 Å². The largest absolute Gasteiger partial charge is 0.450 e. The molecule has 0 radical (unpaired) electrons. The molecule has 0 aromatic heterocycles. The van der Waals surface area contributed by atoms with Gasteiger partial charge in [0.15, 0.2) is 5.78 Å². The van der Waals surface area contributed by atoms with Gasteiger partial charge in [-0.25, -0.2) is 4.79 Å². The Hall–Kier alpha value is -4.00. The molecular formula is C23H22N2O5. The number of nitro benzene ring substituents is 1. The van der Waals surface area contributed by atoms with Gasteiger partial charge in [0.25, 0.3) is 5.69 Å². The Morgan fingerprint density at radius 2 is 1.57 bits per heavy atom. The summed E-state index contributed by atoms with van der Waals surface area (Å²) >= 11 is 0. The molecule has 0 heterocycles. The number of amides is 1. The number of ketones is 1. The SMILES string of the molecule is CCCOC(N)=O.O=C(c1ccccc1)c1ccc([N+](=O)[O-])cc1-c1ccccc1. The second-order valence-electron chi connectivity index (χ2n) is 6.22. The second kappa shape index (κ2) is 11.1. The zero-order valence-corrected chi connectivity index (χ0v) is 16.5. The molecule has 30 heavy (non-hydrogen) atoms. The van der Waals surface area contributed by atoms with Gasteiger partial charge in [-0.05, 0) is 23.6 Å².